The van der Waals surface area contributed by atoms with E-state index in [2.05, 4.69) is 0 Å². The number of sulfonamides is 1. The van der Waals surface area contributed by atoms with Crippen molar-refractivity contribution in [3.05, 3.63) is 95.6 Å². The number of carbonyl (C=O) groups is 1. The van der Waals surface area contributed by atoms with Crippen LogP contribution in [0.25, 0.3) is 0 Å². The van der Waals surface area contributed by atoms with Crippen molar-refractivity contribution in [2.24, 2.45) is 0 Å². The van der Waals surface area contributed by atoms with E-state index in [0.29, 0.717) is 5.75 Å². The molecule has 0 aromatic heterocycles. The Morgan fingerprint density at radius 1 is 0.821 bits per heavy atom. The summed E-state index contributed by atoms with van der Waals surface area (Å²) in [6.45, 7) is 0.213. The number of carbonyl (C=O) groups excluding carboxylic acids is 1. The van der Waals surface area contributed by atoms with Crippen LogP contribution in [0.1, 0.15) is 15.9 Å². The van der Waals surface area contributed by atoms with Gasteiger partial charge in [0.15, 0.2) is 0 Å². The Balaban J connectivity index is 1.63. The molecule has 0 bridgehead atoms. The molecule has 3 aromatic rings. The second kappa shape index (κ2) is 8.18. The molecule has 0 fully saturated rings. The minimum atomic E-state index is -4.11. The summed E-state index contributed by atoms with van der Waals surface area (Å²) in [6, 6.07) is 15.8. The topological polar surface area (TPSA) is 72.5 Å². The van der Waals surface area contributed by atoms with Crippen LogP contribution in [0.3, 0.4) is 0 Å². The first-order valence-corrected chi connectivity index (χ1v) is 9.62. The Hall–Kier alpha value is -3.26. The van der Waals surface area contributed by atoms with Gasteiger partial charge in [0, 0.05) is 5.56 Å². The Morgan fingerprint density at radius 3 is 1.93 bits per heavy atom. The molecule has 1 amide bonds. The first-order valence-electron chi connectivity index (χ1n) is 8.13. The molecule has 0 aliphatic carbocycles. The molecule has 0 unspecified atom stereocenters. The maximum absolute atomic E-state index is 12.9. The fourth-order valence-electron chi connectivity index (χ4n) is 2.30. The highest BCUT2D eigenvalue weighted by molar-refractivity contribution is 7.90. The van der Waals surface area contributed by atoms with Gasteiger partial charge in [0.1, 0.15) is 24.0 Å². The summed E-state index contributed by atoms with van der Waals surface area (Å²) < 4.78 is 57.6. The van der Waals surface area contributed by atoms with Crippen LogP contribution in [0.5, 0.6) is 5.75 Å². The molecule has 3 aromatic carbocycles. The smallest absolute Gasteiger partial charge is 0.265 e. The van der Waals surface area contributed by atoms with Crippen molar-refractivity contribution >= 4 is 15.9 Å². The lowest BCUT2D eigenvalue weighted by Crippen LogP contribution is -2.30. The van der Waals surface area contributed by atoms with E-state index in [9.17, 15) is 22.0 Å². The minimum absolute atomic E-state index is 0.111. The predicted octanol–water partition coefficient (Wildman–Crippen LogP) is 3.66. The second-order valence-electron chi connectivity index (χ2n) is 5.83. The highest BCUT2D eigenvalue weighted by Crippen LogP contribution is 2.16. The standard InChI is InChI=1S/C20H15F2NO4S/c21-16-5-1-14(2-6-16)13-27-18-9-3-15(4-10-18)20(24)23-28(25,26)19-11-7-17(22)8-12-19/h1-12H,13H2,(H,23,24). The van der Waals surface area contributed by atoms with Crippen LogP contribution in [0.15, 0.2) is 77.7 Å². The number of hydrogen-bond donors (Lipinski definition) is 1. The van der Waals surface area contributed by atoms with Gasteiger partial charge in [0.05, 0.1) is 4.90 Å². The van der Waals surface area contributed by atoms with E-state index in [1.807, 2.05) is 4.72 Å². The molecule has 0 saturated heterocycles. The largest absolute Gasteiger partial charge is 0.489 e. The molecule has 3 rings (SSSR count). The molecule has 0 atom stereocenters. The van der Waals surface area contributed by atoms with Crippen LogP contribution in [-0.4, -0.2) is 14.3 Å². The predicted molar refractivity (Wildman–Crippen MR) is 98.2 cm³/mol. The number of rotatable bonds is 6. The number of ether oxygens (including phenoxy) is 1. The molecule has 8 heteroatoms. The lowest BCUT2D eigenvalue weighted by Gasteiger charge is -2.09. The van der Waals surface area contributed by atoms with Gasteiger partial charge in [-0.25, -0.2) is 21.9 Å². The van der Waals surface area contributed by atoms with Gasteiger partial charge < -0.3 is 4.74 Å². The summed E-state index contributed by atoms with van der Waals surface area (Å²) in [5.74, 6) is -1.28. The minimum Gasteiger partial charge on any atom is -0.489 e. The van der Waals surface area contributed by atoms with E-state index in [-0.39, 0.29) is 22.9 Å². The third-order valence-corrected chi connectivity index (χ3v) is 5.13. The van der Waals surface area contributed by atoms with E-state index in [4.69, 9.17) is 4.74 Å². The lowest BCUT2D eigenvalue weighted by atomic mass is 10.2. The number of hydrogen-bond acceptors (Lipinski definition) is 4. The van der Waals surface area contributed by atoms with Crippen molar-refractivity contribution in [3.8, 4) is 5.75 Å². The number of benzene rings is 3. The average molecular weight is 403 g/mol. The van der Waals surface area contributed by atoms with Gasteiger partial charge in [-0.1, -0.05) is 12.1 Å². The van der Waals surface area contributed by atoms with Gasteiger partial charge in [-0.15, -0.1) is 0 Å². The first-order chi connectivity index (χ1) is 13.3. The number of nitrogens with one attached hydrogen (secondary N) is 1. The summed E-state index contributed by atoms with van der Waals surface area (Å²) in [5.41, 5.74) is 0.883. The van der Waals surface area contributed by atoms with Crippen LogP contribution in [0.4, 0.5) is 8.78 Å². The van der Waals surface area contributed by atoms with Crippen molar-refractivity contribution in [2.45, 2.75) is 11.5 Å². The van der Waals surface area contributed by atoms with Crippen LogP contribution in [-0.2, 0) is 16.6 Å². The van der Waals surface area contributed by atoms with Crippen molar-refractivity contribution in [2.75, 3.05) is 0 Å². The first kappa shape index (κ1) is 19.5. The van der Waals surface area contributed by atoms with E-state index < -0.39 is 21.7 Å². The molecule has 5 nitrogen and oxygen atoms in total. The Labute approximate surface area is 160 Å². The Morgan fingerprint density at radius 2 is 1.36 bits per heavy atom. The third kappa shape index (κ3) is 4.92. The Kier molecular flexibility index (Phi) is 5.70. The SMILES string of the molecule is O=C(NS(=O)(=O)c1ccc(F)cc1)c1ccc(OCc2ccc(F)cc2)cc1. The zero-order chi connectivity index (χ0) is 20.1. The van der Waals surface area contributed by atoms with Gasteiger partial charge >= 0.3 is 0 Å². The molecule has 0 heterocycles. The molecule has 0 radical (unpaired) electrons. The molecule has 0 aliphatic heterocycles. The highest BCUT2D eigenvalue weighted by atomic mass is 32.2. The molecule has 28 heavy (non-hydrogen) atoms. The average Bonchev–Trinajstić information content (AvgIpc) is 2.68. The molecular weight excluding hydrogens is 388 g/mol. The molecule has 0 spiro atoms. The van der Waals surface area contributed by atoms with Crippen molar-refractivity contribution in [1.29, 1.82) is 0 Å². The second-order valence-corrected chi connectivity index (χ2v) is 7.51. The molecule has 1 N–H and O–H groups in total. The number of amides is 1. The fourth-order valence-corrected chi connectivity index (χ4v) is 3.28. The quantitative estimate of drug-likeness (QED) is 0.682. The summed E-state index contributed by atoms with van der Waals surface area (Å²) in [6.07, 6.45) is 0. The van der Waals surface area contributed by atoms with E-state index in [0.717, 1.165) is 29.8 Å². The molecule has 0 aliphatic rings. The summed E-state index contributed by atoms with van der Waals surface area (Å²) >= 11 is 0. The zero-order valence-corrected chi connectivity index (χ0v) is 15.2. The monoisotopic (exact) mass is 403 g/mol. The van der Waals surface area contributed by atoms with E-state index in [1.165, 1.54) is 36.4 Å². The third-order valence-electron chi connectivity index (χ3n) is 3.79. The normalized spacial score (nSPS) is 11.1. The van der Waals surface area contributed by atoms with Gasteiger partial charge in [0.2, 0.25) is 0 Å². The maximum Gasteiger partial charge on any atom is 0.265 e. The van der Waals surface area contributed by atoms with E-state index >= 15 is 0 Å². The molecule has 144 valence electrons. The van der Waals surface area contributed by atoms with Crippen molar-refractivity contribution < 1.29 is 26.7 Å². The zero-order valence-electron chi connectivity index (χ0n) is 14.4. The van der Waals surface area contributed by atoms with Gasteiger partial charge in [-0.05, 0) is 66.2 Å². The van der Waals surface area contributed by atoms with Gasteiger partial charge in [-0.2, -0.15) is 0 Å². The summed E-state index contributed by atoms with van der Waals surface area (Å²) in [7, 11) is -4.11. The van der Waals surface area contributed by atoms with Gasteiger partial charge in [0.25, 0.3) is 15.9 Å². The van der Waals surface area contributed by atoms with Gasteiger partial charge in [-0.3, -0.25) is 4.79 Å². The molecular formula is C20H15F2NO4S. The van der Waals surface area contributed by atoms with Crippen molar-refractivity contribution in [1.82, 2.24) is 4.72 Å². The highest BCUT2D eigenvalue weighted by Gasteiger charge is 2.18. The summed E-state index contributed by atoms with van der Waals surface area (Å²) in [5, 5.41) is 0. The summed E-state index contributed by atoms with van der Waals surface area (Å²) in [4.78, 5) is 12.0. The van der Waals surface area contributed by atoms with Crippen LogP contribution in [0, 0.1) is 11.6 Å². The van der Waals surface area contributed by atoms with Crippen molar-refractivity contribution in [3.63, 3.8) is 0 Å². The fraction of sp³-hybridized carbons (Fsp3) is 0.0500. The molecule has 0 saturated carbocycles. The Bertz CT molecular complexity index is 1060. The number of halogens is 2. The van der Waals surface area contributed by atoms with Crippen LogP contribution >= 0.6 is 0 Å². The lowest BCUT2D eigenvalue weighted by molar-refractivity contribution is 0.0981. The van der Waals surface area contributed by atoms with Crippen LogP contribution < -0.4 is 9.46 Å². The van der Waals surface area contributed by atoms with Crippen LogP contribution in [0.2, 0.25) is 0 Å². The maximum atomic E-state index is 12.9. The van der Waals surface area contributed by atoms with E-state index in [1.54, 1.807) is 12.1 Å².